The summed E-state index contributed by atoms with van der Waals surface area (Å²) in [5.41, 5.74) is 2.25. The number of nitrogens with one attached hydrogen (secondary N) is 2. The number of sulfone groups is 1. The van der Waals surface area contributed by atoms with E-state index < -0.39 is 9.84 Å². The largest absolute Gasteiger partial charge is 0.357 e. The predicted octanol–water partition coefficient (Wildman–Crippen LogP) is 2.39. The lowest BCUT2D eigenvalue weighted by Gasteiger charge is -2.11. The molecule has 2 aromatic carbocycles. The second-order valence-corrected chi connectivity index (χ2v) is 7.79. The smallest absolute Gasteiger partial charge is 0.191 e. The molecule has 25 heavy (non-hydrogen) atoms. The van der Waals surface area contributed by atoms with Crippen LogP contribution in [0.2, 0.25) is 0 Å². The van der Waals surface area contributed by atoms with Gasteiger partial charge in [-0.3, -0.25) is 0 Å². The lowest BCUT2D eigenvalue weighted by molar-refractivity contribution is 0.602. The lowest BCUT2D eigenvalue weighted by atomic mass is 10.1. The summed E-state index contributed by atoms with van der Waals surface area (Å²) >= 11 is 0. The van der Waals surface area contributed by atoms with Crippen LogP contribution in [0.3, 0.4) is 0 Å². The van der Waals surface area contributed by atoms with Crippen LogP contribution in [0.4, 0.5) is 0 Å². The molecule has 0 amide bonds. The Morgan fingerprint density at radius 3 is 2.24 bits per heavy atom. The number of rotatable bonds is 7. The fraction of sp³-hybridized carbons (Fsp3) is 0.316. The van der Waals surface area contributed by atoms with Crippen molar-refractivity contribution in [3.05, 3.63) is 65.7 Å². The van der Waals surface area contributed by atoms with Crippen LogP contribution in [0.1, 0.15) is 18.1 Å². The van der Waals surface area contributed by atoms with Crippen molar-refractivity contribution >= 4 is 15.8 Å². The summed E-state index contributed by atoms with van der Waals surface area (Å²) in [5, 5.41) is 6.53. The quantitative estimate of drug-likeness (QED) is 0.588. The minimum atomic E-state index is -3.14. The molecular weight excluding hydrogens is 334 g/mol. The summed E-state index contributed by atoms with van der Waals surface area (Å²) in [4.78, 5) is 4.93. The molecule has 0 atom stereocenters. The van der Waals surface area contributed by atoms with Crippen LogP contribution in [-0.4, -0.2) is 33.7 Å². The van der Waals surface area contributed by atoms with Crippen LogP contribution >= 0.6 is 0 Å². The highest BCUT2D eigenvalue weighted by Crippen LogP contribution is 2.10. The van der Waals surface area contributed by atoms with E-state index in [9.17, 15) is 8.42 Å². The van der Waals surface area contributed by atoms with Gasteiger partial charge in [0.25, 0.3) is 0 Å². The lowest BCUT2D eigenvalue weighted by Crippen LogP contribution is -2.38. The average Bonchev–Trinajstić information content (AvgIpc) is 2.60. The molecule has 0 aromatic heterocycles. The Kier molecular flexibility index (Phi) is 7.01. The third kappa shape index (κ3) is 6.58. The normalized spacial score (nSPS) is 12.0. The molecule has 2 aromatic rings. The first-order chi connectivity index (χ1) is 12.0. The van der Waals surface area contributed by atoms with Crippen LogP contribution in [0.5, 0.6) is 0 Å². The van der Waals surface area contributed by atoms with Crippen molar-refractivity contribution in [2.24, 2.45) is 4.99 Å². The van der Waals surface area contributed by atoms with E-state index in [0.717, 1.165) is 36.6 Å². The van der Waals surface area contributed by atoms with Gasteiger partial charge in [-0.1, -0.05) is 42.5 Å². The molecule has 0 heterocycles. The Balaban J connectivity index is 1.88. The Morgan fingerprint density at radius 2 is 1.64 bits per heavy atom. The minimum absolute atomic E-state index is 0.349. The number of nitrogens with zero attached hydrogens (tertiary/aromatic N) is 1. The topological polar surface area (TPSA) is 70.6 Å². The molecule has 0 radical (unpaired) electrons. The highest BCUT2D eigenvalue weighted by Gasteiger charge is 2.06. The molecule has 2 N–H and O–H groups in total. The van der Waals surface area contributed by atoms with Gasteiger partial charge in [0.05, 0.1) is 11.4 Å². The van der Waals surface area contributed by atoms with Crippen molar-refractivity contribution in [3.63, 3.8) is 0 Å². The second kappa shape index (κ2) is 9.22. The summed E-state index contributed by atoms with van der Waals surface area (Å²) < 4.78 is 22.9. The van der Waals surface area contributed by atoms with Crippen LogP contribution in [0.25, 0.3) is 0 Å². The second-order valence-electron chi connectivity index (χ2n) is 5.77. The molecule has 0 bridgehead atoms. The third-order valence-corrected chi connectivity index (χ3v) is 4.79. The van der Waals surface area contributed by atoms with E-state index >= 15 is 0 Å². The van der Waals surface area contributed by atoms with Crippen LogP contribution in [0.15, 0.2) is 64.5 Å². The number of aliphatic imine (C=N–C) groups is 1. The first-order valence-electron chi connectivity index (χ1n) is 8.34. The number of guanidine groups is 1. The Bertz CT molecular complexity index is 785. The maximum atomic E-state index is 11.5. The highest BCUT2D eigenvalue weighted by atomic mass is 32.2. The SMILES string of the molecule is CCNC(=NCc1ccccc1)NCCc1ccc(S(C)(=O)=O)cc1. The Hall–Kier alpha value is -2.34. The summed E-state index contributed by atoms with van der Waals surface area (Å²) in [5.74, 6) is 0.777. The monoisotopic (exact) mass is 359 g/mol. The van der Waals surface area contributed by atoms with Gasteiger partial charge in [0.15, 0.2) is 15.8 Å². The van der Waals surface area contributed by atoms with Gasteiger partial charge in [-0.15, -0.1) is 0 Å². The minimum Gasteiger partial charge on any atom is -0.357 e. The van der Waals surface area contributed by atoms with Crippen molar-refractivity contribution in [1.29, 1.82) is 0 Å². The molecule has 0 aliphatic carbocycles. The van der Waals surface area contributed by atoms with Gasteiger partial charge < -0.3 is 10.6 Å². The van der Waals surface area contributed by atoms with E-state index in [1.54, 1.807) is 12.1 Å². The zero-order valence-corrected chi connectivity index (χ0v) is 15.5. The van der Waals surface area contributed by atoms with Gasteiger partial charge in [-0.25, -0.2) is 13.4 Å². The molecule has 0 spiro atoms. The van der Waals surface area contributed by atoms with Crippen molar-refractivity contribution in [3.8, 4) is 0 Å². The van der Waals surface area contributed by atoms with Crippen LogP contribution < -0.4 is 10.6 Å². The molecule has 5 nitrogen and oxygen atoms in total. The summed E-state index contributed by atoms with van der Waals surface area (Å²) in [6, 6.07) is 17.1. The Morgan fingerprint density at radius 1 is 0.960 bits per heavy atom. The first-order valence-corrected chi connectivity index (χ1v) is 10.2. The third-order valence-electron chi connectivity index (χ3n) is 3.66. The van der Waals surface area contributed by atoms with Gasteiger partial charge in [-0.05, 0) is 36.6 Å². The predicted molar refractivity (Wildman–Crippen MR) is 103 cm³/mol. The van der Waals surface area contributed by atoms with E-state index in [0.29, 0.717) is 11.4 Å². The average molecular weight is 359 g/mol. The molecule has 2 rings (SSSR count). The molecule has 0 saturated carbocycles. The summed E-state index contributed by atoms with van der Waals surface area (Å²) in [6.45, 7) is 4.17. The highest BCUT2D eigenvalue weighted by molar-refractivity contribution is 7.90. The van der Waals surface area contributed by atoms with Crippen LogP contribution in [0, 0.1) is 0 Å². The van der Waals surface area contributed by atoms with E-state index in [-0.39, 0.29) is 0 Å². The van der Waals surface area contributed by atoms with Crippen molar-refractivity contribution in [1.82, 2.24) is 10.6 Å². The van der Waals surface area contributed by atoms with Gasteiger partial charge in [0.1, 0.15) is 0 Å². The molecule has 0 aliphatic heterocycles. The Labute approximate surface area is 150 Å². The summed E-state index contributed by atoms with van der Waals surface area (Å²) in [7, 11) is -3.14. The zero-order valence-electron chi connectivity index (χ0n) is 14.7. The first kappa shape index (κ1) is 19.0. The van der Waals surface area contributed by atoms with Crippen molar-refractivity contribution in [2.75, 3.05) is 19.3 Å². The van der Waals surface area contributed by atoms with E-state index in [1.165, 1.54) is 6.26 Å². The molecule has 0 unspecified atom stereocenters. The van der Waals surface area contributed by atoms with Crippen LogP contribution in [-0.2, 0) is 22.8 Å². The molecule has 6 heteroatoms. The molecule has 134 valence electrons. The van der Waals surface area contributed by atoms with Gasteiger partial charge in [0, 0.05) is 19.3 Å². The molecule has 0 fully saturated rings. The van der Waals surface area contributed by atoms with Gasteiger partial charge in [-0.2, -0.15) is 0 Å². The summed E-state index contributed by atoms with van der Waals surface area (Å²) in [6.07, 6.45) is 2.01. The van der Waals surface area contributed by atoms with E-state index in [4.69, 9.17) is 0 Å². The zero-order chi connectivity index (χ0) is 18.1. The molecule has 0 saturated heterocycles. The number of benzene rings is 2. The maximum absolute atomic E-state index is 11.5. The molecule has 0 aliphatic rings. The van der Waals surface area contributed by atoms with Crippen molar-refractivity contribution in [2.45, 2.75) is 24.8 Å². The van der Waals surface area contributed by atoms with Gasteiger partial charge in [0.2, 0.25) is 0 Å². The fourth-order valence-electron chi connectivity index (χ4n) is 2.32. The fourth-order valence-corrected chi connectivity index (χ4v) is 2.95. The van der Waals surface area contributed by atoms with E-state index in [2.05, 4.69) is 27.8 Å². The standard InChI is InChI=1S/C19H25N3O2S/c1-3-20-19(22-15-17-7-5-4-6-8-17)21-14-13-16-9-11-18(12-10-16)25(2,23)24/h4-12H,3,13-15H2,1-2H3,(H2,20,21,22). The van der Waals surface area contributed by atoms with Gasteiger partial charge >= 0.3 is 0 Å². The van der Waals surface area contributed by atoms with E-state index in [1.807, 2.05) is 37.3 Å². The van der Waals surface area contributed by atoms with Crippen molar-refractivity contribution < 1.29 is 8.42 Å². The number of hydrogen-bond acceptors (Lipinski definition) is 3. The maximum Gasteiger partial charge on any atom is 0.191 e. The molecular formula is C19H25N3O2S. The number of hydrogen-bond donors (Lipinski definition) is 2.